The number of hydrogen-bond donors (Lipinski definition) is 6. The summed E-state index contributed by atoms with van der Waals surface area (Å²) in [6.07, 6.45) is -2.01. The number of carboxylic acid groups (broad SMARTS) is 6. The summed E-state index contributed by atoms with van der Waals surface area (Å²) in [6.45, 7) is 5.06. The number of carboxylic acids is 6. The third-order valence-electron chi connectivity index (χ3n) is 6.19. The zero-order valence-electron chi connectivity index (χ0n) is 20.1. The van der Waals surface area contributed by atoms with Gasteiger partial charge in [-0.3, -0.25) is 28.8 Å². The van der Waals surface area contributed by atoms with E-state index in [0.29, 0.717) is 0 Å². The second-order valence-corrected chi connectivity index (χ2v) is 9.43. The summed E-state index contributed by atoms with van der Waals surface area (Å²) < 4.78 is 0. The predicted molar refractivity (Wildman–Crippen MR) is 120 cm³/mol. The number of hydrogen-bond acceptors (Lipinski definition) is 6. The minimum Gasteiger partial charge on any atom is -0.481 e. The van der Waals surface area contributed by atoms with E-state index in [2.05, 4.69) is 0 Å². The lowest BCUT2D eigenvalue weighted by atomic mass is 9.78. The monoisotopic (exact) mass is 504 g/mol. The smallest absolute Gasteiger partial charge is 0.306 e. The van der Waals surface area contributed by atoms with Crippen molar-refractivity contribution in [2.75, 3.05) is 0 Å². The first-order chi connectivity index (χ1) is 16.1. The number of rotatable bonds is 19. The molecule has 0 radical (unpaired) electrons. The maximum atomic E-state index is 11.8. The Balaban J connectivity index is 5.72. The summed E-state index contributed by atoms with van der Waals surface area (Å²) in [4.78, 5) is 69.9. The van der Waals surface area contributed by atoms with Crippen molar-refractivity contribution in [3.63, 3.8) is 0 Å². The summed E-state index contributed by atoms with van der Waals surface area (Å²) >= 11 is 0. The normalized spacial score (nSPS) is 16.5. The molecule has 0 amide bonds. The zero-order valence-corrected chi connectivity index (χ0v) is 20.1. The first-order valence-corrected chi connectivity index (χ1v) is 11.5. The Bertz CT molecular complexity index is 774. The molecular formula is C23H36O12. The average molecular weight is 505 g/mol. The van der Waals surface area contributed by atoms with Crippen LogP contribution in [0.25, 0.3) is 0 Å². The summed E-state index contributed by atoms with van der Waals surface area (Å²) in [6, 6.07) is 0. The van der Waals surface area contributed by atoms with Gasteiger partial charge in [-0.1, -0.05) is 20.8 Å². The largest absolute Gasteiger partial charge is 0.481 e. The van der Waals surface area contributed by atoms with Gasteiger partial charge in [0.2, 0.25) is 0 Å². The molecule has 0 heterocycles. The number of carbonyl (C=O) groups is 6. The van der Waals surface area contributed by atoms with Crippen molar-refractivity contribution in [3.8, 4) is 0 Å². The second-order valence-electron chi connectivity index (χ2n) is 9.43. The Morgan fingerprint density at radius 1 is 0.429 bits per heavy atom. The van der Waals surface area contributed by atoms with E-state index in [1.807, 2.05) is 0 Å². The fraction of sp³-hybridized carbons (Fsp3) is 0.739. The van der Waals surface area contributed by atoms with E-state index >= 15 is 0 Å². The van der Waals surface area contributed by atoms with Crippen LogP contribution >= 0.6 is 0 Å². The van der Waals surface area contributed by atoms with Crippen LogP contribution in [0.15, 0.2) is 0 Å². The minimum absolute atomic E-state index is 0.0529. The van der Waals surface area contributed by atoms with Gasteiger partial charge in [0.1, 0.15) is 0 Å². The predicted octanol–water partition coefficient (Wildman–Crippen LogP) is 2.60. The van der Waals surface area contributed by atoms with Gasteiger partial charge in [-0.05, 0) is 50.9 Å². The molecule has 6 unspecified atom stereocenters. The molecule has 0 spiro atoms. The zero-order chi connectivity index (χ0) is 27.5. The van der Waals surface area contributed by atoms with Gasteiger partial charge < -0.3 is 30.6 Å². The van der Waals surface area contributed by atoms with Gasteiger partial charge in [-0.25, -0.2) is 0 Å². The lowest BCUT2D eigenvalue weighted by molar-refractivity contribution is -0.149. The molecule has 6 N–H and O–H groups in total. The summed E-state index contributed by atoms with van der Waals surface area (Å²) in [5.41, 5.74) is 0. The van der Waals surface area contributed by atoms with Crippen LogP contribution in [0.1, 0.15) is 65.7 Å². The van der Waals surface area contributed by atoms with Crippen LogP contribution in [0, 0.1) is 41.4 Å². The molecule has 0 aliphatic carbocycles. The second kappa shape index (κ2) is 14.9. The van der Waals surface area contributed by atoms with Crippen LogP contribution in [0.5, 0.6) is 0 Å². The Morgan fingerprint density at radius 2 is 0.629 bits per heavy atom. The van der Waals surface area contributed by atoms with E-state index in [0.717, 1.165) is 0 Å². The van der Waals surface area contributed by atoms with Gasteiger partial charge in [0, 0.05) is 0 Å². The molecule has 0 aliphatic heterocycles. The van der Waals surface area contributed by atoms with Crippen LogP contribution in [0.4, 0.5) is 0 Å². The van der Waals surface area contributed by atoms with Crippen molar-refractivity contribution < 1.29 is 59.4 Å². The van der Waals surface area contributed by atoms with Crippen LogP contribution in [0.3, 0.4) is 0 Å². The van der Waals surface area contributed by atoms with Crippen molar-refractivity contribution in [1.29, 1.82) is 0 Å². The van der Waals surface area contributed by atoms with E-state index in [1.165, 1.54) is 0 Å². The van der Waals surface area contributed by atoms with Gasteiger partial charge in [-0.2, -0.15) is 0 Å². The molecule has 0 aromatic heterocycles. The molecule has 0 fully saturated rings. The highest BCUT2D eigenvalue weighted by atomic mass is 16.4. The molecule has 0 aromatic rings. The molecule has 12 nitrogen and oxygen atoms in total. The van der Waals surface area contributed by atoms with Crippen LogP contribution < -0.4 is 0 Å². The van der Waals surface area contributed by atoms with Crippen molar-refractivity contribution in [1.82, 2.24) is 0 Å². The first kappa shape index (κ1) is 31.8. The molecule has 0 aromatic carbocycles. The topological polar surface area (TPSA) is 224 Å². The standard InChI is InChI=1S/C23H36O12/c1-4-12(18(24)25)6-14(20(28)29)8-16(22(32)33)10-17(23(34)35)9-15(21(30)31)7-13(19(26)27)5-11(2)3/h11-17H,4-10H2,1-3H3,(H,24,25)(H,26,27)(H,28,29)(H,30,31)(H,32,33)(H,34,35). The highest BCUT2D eigenvalue weighted by Gasteiger charge is 2.37. The first-order valence-electron chi connectivity index (χ1n) is 11.5. The molecule has 0 saturated carbocycles. The molecule has 12 heteroatoms. The highest BCUT2D eigenvalue weighted by Crippen LogP contribution is 2.32. The van der Waals surface area contributed by atoms with Crippen LogP contribution in [0.2, 0.25) is 0 Å². The molecule has 0 aliphatic rings. The van der Waals surface area contributed by atoms with Crippen LogP contribution in [-0.2, 0) is 28.8 Å². The molecule has 35 heavy (non-hydrogen) atoms. The third kappa shape index (κ3) is 11.7. The number of aliphatic carboxylic acids is 6. The Morgan fingerprint density at radius 3 is 0.800 bits per heavy atom. The lowest BCUT2D eigenvalue weighted by Gasteiger charge is -2.25. The molecule has 0 saturated heterocycles. The van der Waals surface area contributed by atoms with E-state index in [4.69, 9.17) is 0 Å². The average Bonchev–Trinajstić information content (AvgIpc) is 2.71. The maximum absolute atomic E-state index is 11.8. The molecule has 200 valence electrons. The van der Waals surface area contributed by atoms with E-state index in [1.54, 1.807) is 20.8 Å². The quantitative estimate of drug-likeness (QED) is 0.149. The Labute approximate surface area is 203 Å². The summed E-state index contributed by atoms with van der Waals surface area (Å²) in [5, 5.41) is 56.9. The van der Waals surface area contributed by atoms with Gasteiger partial charge >= 0.3 is 35.8 Å². The maximum Gasteiger partial charge on any atom is 0.306 e. The van der Waals surface area contributed by atoms with Crippen molar-refractivity contribution >= 4 is 35.8 Å². The van der Waals surface area contributed by atoms with Crippen LogP contribution in [-0.4, -0.2) is 66.5 Å². The fourth-order valence-electron chi connectivity index (χ4n) is 4.22. The van der Waals surface area contributed by atoms with Gasteiger partial charge in [0.15, 0.2) is 0 Å². The Kier molecular flexibility index (Phi) is 13.6. The Hall–Kier alpha value is -3.18. The molecule has 6 atom stereocenters. The summed E-state index contributed by atoms with van der Waals surface area (Å²) in [5.74, 6) is -16.0. The van der Waals surface area contributed by atoms with E-state index in [9.17, 15) is 59.4 Å². The molecule has 0 rings (SSSR count). The SMILES string of the molecule is CCC(CC(CC(CC(CC(CC(CC(C)C)C(=O)O)C(=O)O)C(=O)O)C(=O)O)C(=O)O)C(=O)O. The molecular weight excluding hydrogens is 468 g/mol. The summed E-state index contributed by atoms with van der Waals surface area (Å²) in [7, 11) is 0. The third-order valence-corrected chi connectivity index (χ3v) is 6.19. The lowest BCUT2D eigenvalue weighted by Crippen LogP contribution is -2.32. The van der Waals surface area contributed by atoms with Gasteiger partial charge in [0.05, 0.1) is 35.5 Å². The highest BCUT2D eigenvalue weighted by molar-refractivity contribution is 5.78. The fourth-order valence-corrected chi connectivity index (χ4v) is 4.22. The van der Waals surface area contributed by atoms with Gasteiger partial charge in [0.25, 0.3) is 0 Å². The van der Waals surface area contributed by atoms with Crippen molar-refractivity contribution in [2.45, 2.75) is 65.7 Å². The van der Waals surface area contributed by atoms with E-state index < -0.39 is 90.6 Å². The molecule has 0 bridgehead atoms. The van der Waals surface area contributed by atoms with Gasteiger partial charge in [-0.15, -0.1) is 0 Å². The minimum atomic E-state index is -1.49. The van der Waals surface area contributed by atoms with E-state index in [-0.39, 0.29) is 31.6 Å². The van der Waals surface area contributed by atoms with Crippen molar-refractivity contribution in [2.24, 2.45) is 41.4 Å². The van der Waals surface area contributed by atoms with Crippen molar-refractivity contribution in [3.05, 3.63) is 0 Å².